The van der Waals surface area contributed by atoms with Crippen molar-refractivity contribution in [3.63, 3.8) is 0 Å². The van der Waals surface area contributed by atoms with Gasteiger partial charge in [0.15, 0.2) is 5.82 Å². The summed E-state index contributed by atoms with van der Waals surface area (Å²) in [6.45, 7) is 0. The van der Waals surface area contributed by atoms with Crippen LogP contribution in [0.2, 0.25) is 0 Å². The van der Waals surface area contributed by atoms with Crippen LogP contribution in [0.5, 0.6) is 0 Å². The molecule has 4 aromatic heterocycles. The summed E-state index contributed by atoms with van der Waals surface area (Å²) in [7, 11) is 0. The molecule has 126 valence electrons. The molecule has 2 aromatic carbocycles. The number of aromatic amines is 1. The minimum absolute atomic E-state index is 0.734. The highest BCUT2D eigenvalue weighted by molar-refractivity contribution is 6.04. The predicted molar refractivity (Wildman–Crippen MR) is 107 cm³/mol. The number of nitrogens with zero attached hydrogens (tertiary/aromatic N) is 4. The van der Waals surface area contributed by atoms with E-state index in [-0.39, 0.29) is 0 Å². The topological polar surface area (TPSA) is 67.3 Å². The Hall–Kier alpha value is -3.86. The molecule has 6 rings (SSSR count). The Bertz CT molecular complexity index is 1480. The fraction of sp³-hybridized carbons (Fsp3) is 0. The number of rotatable bonds is 1. The predicted octanol–water partition coefficient (Wildman–Crippen LogP) is 4.87. The molecule has 0 fully saturated rings. The zero-order valence-electron chi connectivity index (χ0n) is 14.2. The van der Waals surface area contributed by atoms with Crippen molar-refractivity contribution in [1.29, 1.82) is 0 Å². The number of fused-ring (bicyclic) bond motifs is 6. The van der Waals surface area contributed by atoms with Gasteiger partial charge in [-0.3, -0.25) is 9.97 Å². The lowest BCUT2D eigenvalue weighted by Gasteiger charge is -2.04. The maximum atomic E-state index is 4.87. The first-order valence-electron chi connectivity index (χ1n) is 8.75. The highest BCUT2D eigenvalue weighted by Crippen LogP contribution is 2.28. The van der Waals surface area contributed by atoms with E-state index in [0.717, 1.165) is 55.3 Å². The van der Waals surface area contributed by atoms with Gasteiger partial charge < -0.3 is 4.98 Å². The van der Waals surface area contributed by atoms with E-state index in [1.807, 2.05) is 30.3 Å². The lowest BCUT2D eigenvalue weighted by Crippen LogP contribution is -1.89. The minimum atomic E-state index is 0.734. The van der Waals surface area contributed by atoms with Crippen molar-refractivity contribution in [2.75, 3.05) is 0 Å². The van der Waals surface area contributed by atoms with Crippen LogP contribution < -0.4 is 0 Å². The van der Waals surface area contributed by atoms with E-state index in [1.54, 1.807) is 12.4 Å². The van der Waals surface area contributed by atoms with Crippen LogP contribution in [0, 0.1) is 0 Å². The second-order valence-electron chi connectivity index (χ2n) is 6.53. The third-order valence-electron chi connectivity index (χ3n) is 4.90. The van der Waals surface area contributed by atoms with E-state index in [4.69, 9.17) is 9.97 Å². The summed E-state index contributed by atoms with van der Waals surface area (Å²) in [5.41, 5.74) is 5.29. The molecular weight excluding hydrogens is 334 g/mol. The Balaban J connectivity index is 1.63. The van der Waals surface area contributed by atoms with Gasteiger partial charge in [0.05, 0.1) is 22.1 Å². The van der Waals surface area contributed by atoms with Gasteiger partial charge in [0.1, 0.15) is 11.2 Å². The molecule has 0 radical (unpaired) electrons. The summed E-state index contributed by atoms with van der Waals surface area (Å²) in [5, 5.41) is 3.22. The molecule has 0 aliphatic heterocycles. The summed E-state index contributed by atoms with van der Waals surface area (Å²) in [4.78, 5) is 22.1. The molecule has 5 nitrogen and oxygen atoms in total. The molecule has 27 heavy (non-hydrogen) atoms. The fourth-order valence-electron chi connectivity index (χ4n) is 3.59. The molecule has 0 bridgehead atoms. The molecule has 0 aliphatic rings. The fourth-order valence-corrected chi connectivity index (χ4v) is 3.59. The second kappa shape index (κ2) is 5.32. The number of hydrogen-bond donors (Lipinski definition) is 1. The van der Waals surface area contributed by atoms with Crippen LogP contribution in [0.3, 0.4) is 0 Å². The van der Waals surface area contributed by atoms with Crippen LogP contribution >= 0.6 is 0 Å². The van der Waals surface area contributed by atoms with Gasteiger partial charge in [0, 0.05) is 28.6 Å². The molecule has 0 saturated heterocycles. The monoisotopic (exact) mass is 347 g/mol. The summed E-state index contributed by atoms with van der Waals surface area (Å²) in [6.07, 6.45) is 3.59. The van der Waals surface area contributed by atoms with Crippen LogP contribution in [-0.4, -0.2) is 24.9 Å². The van der Waals surface area contributed by atoms with Crippen molar-refractivity contribution in [2.24, 2.45) is 0 Å². The summed E-state index contributed by atoms with van der Waals surface area (Å²) >= 11 is 0. The molecule has 0 atom stereocenters. The normalized spacial score (nSPS) is 11.7. The second-order valence-corrected chi connectivity index (χ2v) is 6.53. The summed E-state index contributed by atoms with van der Waals surface area (Å²) < 4.78 is 0. The molecule has 5 heteroatoms. The van der Waals surface area contributed by atoms with Crippen molar-refractivity contribution < 1.29 is 0 Å². The van der Waals surface area contributed by atoms with E-state index >= 15 is 0 Å². The van der Waals surface area contributed by atoms with E-state index in [9.17, 15) is 0 Å². The number of imidazole rings is 1. The third-order valence-corrected chi connectivity index (χ3v) is 4.90. The zero-order valence-corrected chi connectivity index (χ0v) is 14.2. The van der Waals surface area contributed by atoms with Crippen LogP contribution in [0.1, 0.15) is 0 Å². The smallest absolute Gasteiger partial charge is 0.157 e. The molecule has 1 N–H and O–H groups in total. The number of H-pyrrole nitrogens is 1. The molecule has 0 spiro atoms. The van der Waals surface area contributed by atoms with Gasteiger partial charge in [-0.2, -0.15) is 0 Å². The number of nitrogens with one attached hydrogen (secondary N) is 1. The van der Waals surface area contributed by atoms with Gasteiger partial charge in [0.25, 0.3) is 0 Å². The lowest BCUT2D eigenvalue weighted by atomic mass is 10.1. The van der Waals surface area contributed by atoms with Crippen molar-refractivity contribution >= 4 is 43.7 Å². The number of benzene rings is 2. The molecule has 4 heterocycles. The molecule has 0 amide bonds. The average molecular weight is 347 g/mol. The molecule has 6 aromatic rings. The molecule has 0 aliphatic carbocycles. The zero-order chi connectivity index (χ0) is 17.8. The molecule has 0 saturated carbocycles. The van der Waals surface area contributed by atoms with Gasteiger partial charge in [-0.05, 0) is 24.3 Å². The highest BCUT2D eigenvalue weighted by Gasteiger charge is 2.12. The third kappa shape index (κ3) is 2.12. The van der Waals surface area contributed by atoms with E-state index in [1.165, 1.54) is 0 Å². The van der Waals surface area contributed by atoms with Gasteiger partial charge in [0.2, 0.25) is 0 Å². The Morgan fingerprint density at radius 2 is 1.19 bits per heavy atom. The maximum absolute atomic E-state index is 4.87. The van der Waals surface area contributed by atoms with Crippen molar-refractivity contribution in [3.8, 4) is 11.5 Å². The first-order valence-corrected chi connectivity index (χ1v) is 8.75. The minimum Gasteiger partial charge on any atom is -0.337 e. The number of pyridine rings is 3. The standard InChI is InChI=1S/C22H13N5/c1-3-13-5-6-15-8-10-17(25-20(15)18(13)23-11-1)22-26-16-9-7-14-4-2-12-24-19(14)21(16)27-22/h1-12H,(H,26,27). The Morgan fingerprint density at radius 1 is 0.556 bits per heavy atom. The quantitative estimate of drug-likeness (QED) is 0.431. The largest absolute Gasteiger partial charge is 0.337 e. The Labute approximate surface area is 153 Å². The first kappa shape index (κ1) is 14.3. The molecule has 0 unspecified atom stereocenters. The maximum Gasteiger partial charge on any atom is 0.157 e. The van der Waals surface area contributed by atoms with Gasteiger partial charge in [-0.15, -0.1) is 0 Å². The van der Waals surface area contributed by atoms with Gasteiger partial charge in [-0.1, -0.05) is 36.4 Å². The summed E-state index contributed by atoms with van der Waals surface area (Å²) in [6, 6.07) is 20.3. The van der Waals surface area contributed by atoms with E-state index in [2.05, 4.69) is 45.3 Å². The van der Waals surface area contributed by atoms with Gasteiger partial charge in [-0.25, -0.2) is 9.97 Å². The van der Waals surface area contributed by atoms with Gasteiger partial charge >= 0.3 is 0 Å². The van der Waals surface area contributed by atoms with Crippen LogP contribution in [0.4, 0.5) is 0 Å². The number of aromatic nitrogens is 5. The summed E-state index contributed by atoms with van der Waals surface area (Å²) in [5.74, 6) is 0.734. The lowest BCUT2D eigenvalue weighted by molar-refractivity contribution is 1.27. The highest BCUT2D eigenvalue weighted by atomic mass is 15.0. The van der Waals surface area contributed by atoms with E-state index in [0.29, 0.717) is 0 Å². The van der Waals surface area contributed by atoms with Crippen molar-refractivity contribution in [2.45, 2.75) is 0 Å². The number of hydrogen-bond acceptors (Lipinski definition) is 4. The first-order chi connectivity index (χ1) is 13.4. The van der Waals surface area contributed by atoms with Crippen LogP contribution in [0.15, 0.2) is 73.1 Å². The Kier molecular flexibility index (Phi) is 2.82. The van der Waals surface area contributed by atoms with Crippen LogP contribution in [-0.2, 0) is 0 Å². The van der Waals surface area contributed by atoms with Crippen molar-refractivity contribution in [1.82, 2.24) is 24.9 Å². The van der Waals surface area contributed by atoms with Crippen molar-refractivity contribution in [3.05, 3.63) is 73.1 Å². The molecular formula is C22H13N5. The Morgan fingerprint density at radius 3 is 1.96 bits per heavy atom. The SMILES string of the molecule is c1cnc2c(c1)ccc1ccc(-c3nc4c(ccc5cccnc54)[nH]3)nc12. The average Bonchev–Trinajstić information content (AvgIpc) is 3.18. The van der Waals surface area contributed by atoms with E-state index < -0.39 is 0 Å². The van der Waals surface area contributed by atoms with Crippen LogP contribution in [0.25, 0.3) is 55.3 Å².